The molecule has 1 aromatic rings. The second-order valence-electron chi connectivity index (χ2n) is 3.38. The second-order valence-corrected chi connectivity index (χ2v) is 8.15. The Morgan fingerprint density at radius 2 is 1.39 bits per heavy atom. The van der Waals surface area contributed by atoms with E-state index in [1.807, 2.05) is 0 Å². The smallest absolute Gasteiger partial charge is 0.302 e. The van der Waals surface area contributed by atoms with E-state index in [2.05, 4.69) is 0 Å². The zero-order valence-electron chi connectivity index (χ0n) is 9.04. The molecule has 0 aliphatic heterocycles. The Bertz CT molecular complexity index is 530. The minimum atomic E-state index is -3.98. The molecule has 18 heavy (non-hydrogen) atoms. The molecular formula is C6H13N5O4P2S. The van der Waals surface area contributed by atoms with Gasteiger partial charge >= 0.3 is 15.2 Å². The van der Waals surface area contributed by atoms with Gasteiger partial charge in [0.2, 0.25) is 0 Å². The minimum Gasteiger partial charge on any atom is -0.302 e. The van der Waals surface area contributed by atoms with Gasteiger partial charge in [-0.1, -0.05) is 0 Å². The summed E-state index contributed by atoms with van der Waals surface area (Å²) < 4.78 is 43.4. The fraction of sp³-hybridized carbons (Fsp3) is 0. The molecular weight excluding hydrogens is 300 g/mol. The van der Waals surface area contributed by atoms with Crippen molar-refractivity contribution in [2.24, 2.45) is 22.0 Å². The van der Waals surface area contributed by atoms with Gasteiger partial charge in [-0.3, -0.25) is 31.1 Å². The lowest BCUT2D eigenvalue weighted by Gasteiger charge is -2.29. The normalized spacial score (nSPS) is 14.3. The lowest BCUT2D eigenvalue weighted by atomic mass is 10.3. The average Bonchev–Trinajstić information content (AvgIpc) is 2.13. The molecule has 0 radical (unpaired) electrons. The predicted molar refractivity (Wildman–Crippen MR) is 69.9 cm³/mol. The molecule has 1 atom stereocenters. The van der Waals surface area contributed by atoms with Gasteiger partial charge in [0, 0.05) is 0 Å². The van der Waals surface area contributed by atoms with E-state index in [-0.39, 0.29) is 10.6 Å². The summed E-state index contributed by atoms with van der Waals surface area (Å²) in [7, 11) is -7.95. The molecule has 12 heteroatoms. The summed E-state index contributed by atoms with van der Waals surface area (Å²) in [5.41, 5.74) is 20.9. The maximum Gasteiger partial charge on any atom is 0.307 e. The number of hydrogen-bond acceptors (Lipinski definition) is 3. The van der Waals surface area contributed by atoms with Crippen molar-refractivity contribution in [1.82, 2.24) is 0 Å². The highest BCUT2D eigenvalue weighted by atomic mass is 32.2. The van der Waals surface area contributed by atoms with Crippen LogP contribution in [-0.4, -0.2) is 8.76 Å². The molecule has 0 bridgehead atoms. The molecule has 0 aliphatic rings. The fourth-order valence-electron chi connectivity index (χ4n) is 1.28. The highest BCUT2D eigenvalue weighted by Crippen LogP contribution is 2.52. The summed E-state index contributed by atoms with van der Waals surface area (Å²) in [6.07, 6.45) is 0. The van der Waals surface area contributed by atoms with Crippen molar-refractivity contribution in [1.29, 1.82) is 0 Å². The number of benzene rings is 1. The third-order valence-electron chi connectivity index (χ3n) is 1.86. The molecule has 9 nitrogen and oxygen atoms in total. The van der Waals surface area contributed by atoms with Gasteiger partial charge in [-0.05, 0) is 24.3 Å². The summed E-state index contributed by atoms with van der Waals surface area (Å²) in [6.45, 7) is 0. The van der Waals surface area contributed by atoms with Gasteiger partial charge in [0.1, 0.15) is 0 Å². The van der Waals surface area contributed by atoms with Crippen LogP contribution in [0.1, 0.15) is 0 Å². The van der Waals surface area contributed by atoms with E-state index in [1.54, 1.807) is 0 Å². The number of nitrogens with two attached hydrogens (primary N) is 4. The lowest BCUT2D eigenvalue weighted by Crippen LogP contribution is -2.32. The van der Waals surface area contributed by atoms with E-state index < -0.39 is 26.3 Å². The number of nitrogens with zero attached hydrogens (tertiary/aromatic N) is 1. The topological polar surface area (TPSA) is 179 Å². The molecule has 1 rings (SSSR count). The Morgan fingerprint density at radius 1 is 1.00 bits per heavy atom. The Kier molecular flexibility index (Phi) is 4.47. The monoisotopic (exact) mass is 313 g/mol. The molecule has 0 heterocycles. The first kappa shape index (κ1) is 15.5. The van der Waals surface area contributed by atoms with Crippen LogP contribution in [-0.2, 0) is 20.2 Å². The number of anilines is 1. The quantitative estimate of drug-likeness (QED) is 0.381. The molecule has 0 aromatic heterocycles. The Balaban J connectivity index is 3.28. The third-order valence-corrected chi connectivity index (χ3v) is 5.86. The molecule has 0 saturated heterocycles. The fourth-order valence-corrected chi connectivity index (χ4v) is 4.38. The highest BCUT2D eigenvalue weighted by Gasteiger charge is 2.33. The largest absolute Gasteiger partial charge is 0.307 e. The first-order chi connectivity index (χ1) is 8.03. The Labute approximate surface area is 106 Å². The Morgan fingerprint density at radius 3 is 1.67 bits per heavy atom. The summed E-state index contributed by atoms with van der Waals surface area (Å²) >= 11 is -2.17. The molecule has 0 spiro atoms. The van der Waals surface area contributed by atoms with Crippen LogP contribution in [0, 0.1) is 0 Å². The molecule has 0 fully saturated rings. The molecule has 0 aliphatic carbocycles. The summed E-state index contributed by atoms with van der Waals surface area (Å²) in [5, 5.41) is 0. The second kappa shape index (κ2) is 5.20. The predicted octanol–water partition coefficient (Wildman–Crippen LogP) is 0.125. The van der Waals surface area contributed by atoms with Gasteiger partial charge in [-0.25, -0.2) is 8.65 Å². The lowest BCUT2D eigenvalue weighted by molar-refractivity contribution is 0.564. The van der Waals surface area contributed by atoms with Crippen molar-refractivity contribution in [3.63, 3.8) is 0 Å². The van der Waals surface area contributed by atoms with Crippen LogP contribution < -0.4 is 26.5 Å². The van der Waals surface area contributed by atoms with Crippen molar-refractivity contribution >= 4 is 32.0 Å². The van der Waals surface area contributed by atoms with Crippen LogP contribution >= 0.6 is 15.2 Å². The van der Waals surface area contributed by atoms with E-state index >= 15 is 0 Å². The summed E-state index contributed by atoms with van der Waals surface area (Å²) in [4.78, 5) is 0.0893. The van der Waals surface area contributed by atoms with Crippen LogP contribution in [0.2, 0.25) is 0 Å². The van der Waals surface area contributed by atoms with Gasteiger partial charge in [-0.15, -0.1) is 0 Å². The van der Waals surface area contributed by atoms with E-state index in [0.29, 0.717) is 4.44 Å². The van der Waals surface area contributed by atoms with Crippen LogP contribution in [0.4, 0.5) is 5.69 Å². The molecule has 102 valence electrons. The number of hydrogen-bond donors (Lipinski definition) is 5. The molecule has 0 saturated carbocycles. The summed E-state index contributed by atoms with van der Waals surface area (Å²) in [6, 6.07) is 4.96. The number of rotatable bonds is 4. The van der Waals surface area contributed by atoms with Crippen molar-refractivity contribution in [3.05, 3.63) is 24.3 Å². The van der Waals surface area contributed by atoms with Crippen LogP contribution in [0.3, 0.4) is 0 Å². The van der Waals surface area contributed by atoms with Crippen molar-refractivity contribution in [2.45, 2.75) is 4.90 Å². The third kappa shape index (κ3) is 3.71. The highest BCUT2D eigenvalue weighted by molar-refractivity contribution is 7.79. The molecule has 9 N–H and O–H groups in total. The average molecular weight is 313 g/mol. The van der Waals surface area contributed by atoms with Crippen LogP contribution in [0.25, 0.3) is 0 Å². The zero-order chi connectivity index (χ0) is 14.1. The standard InChI is InChI=1S/C6H13N5O4P2S/c7-16(8,12)11(17(9,10)13)5-1-3-6(4-2-5)18(14)15/h1-4H,(H,14,15)(H4,7,8,12)(H4,9,10,13). The summed E-state index contributed by atoms with van der Waals surface area (Å²) in [5.74, 6) is 0. The maximum atomic E-state index is 11.6. The van der Waals surface area contributed by atoms with Crippen molar-refractivity contribution in [3.8, 4) is 0 Å². The van der Waals surface area contributed by atoms with Crippen molar-refractivity contribution < 1.29 is 17.9 Å². The van der Waals surface area contributed by atoms with Crippen molar-refractivity contribution in [2.75, 3.05) is 4.44 Å². The van der Waals surface area contributed by atoms with Gasteiger partial charge in [0.15, 0.2) is 11.1 Å². The van der Waals surface area contributed by atoms with E-state index in [9.17, 15) is 13.3 Å². The van der Waals surface area contributed by atoms with Gasteiger partial charge in [0.05, 0.1) is 10.6 Å². The van der Waals surface area contributed by atoms with Gasteiger partial charge < -0.3 is 4.55 Å². The van der Waals surface area contributed by atoms with Gasteiger partial charge in [-0.2, -0.15) is 0 Å². The zero-order valence-corrected chi connectivity index (χ0v) is 11.6. The van der Waals surface area contributed by atoms with Crippen LogP contribution in [0.15, 0.2) is 29.2 Å². The molecule has 1 unspecified atom stereocenters. The van der Waals surface area contributed by atoms with E-state index in [4.69, 9.17) is 26.6 Å². The first-order valence-corrected chi connectivity index (χ1v) is 9.10. The van der Waals surface area contributed by atoms with Crippen LogP contribution in [0.5, 0.6) is 0 Å². The molecule has 0 amide bonds. The van der Waals surface area contributed by atoms with E-state index in [0.717, 1.165) is 0 Å². The SMILES string of the molecule is NP(N)(=O)N(c1ccc(S(=O)O)cc1)P(N)(N)=O. The minimum absolute atomic E-state index is 0.0332. The first-order valence-electron chi connectivity index (χ1n) is 4.40. The van der Waals surface area contributed by atoms with Gasteiger partial charge in [0.25, 0.3) is 0 Å². The van der Waals surface area contributed by atoms with E-state index in [1.165, 1.54) is 24.3 Å². The molecule has 1 aromatic carbocycles. The maximum absolute atomic E-state index is 11.6. The Hall–Kier alpha value is -0.570.